The normalized spacial score (nSPS) is 11.9. The maximum Gasteiger partial charge on any atom is 0.251 e. The van der Waals surface area contributed by atoms with Crippen molar-refractivity contribution in [2.45, 2.75) is 13.0 Å². The van der Waals surface area contributed by atoms with Crippen LogP contribution in [0.15, 0.2) is 66.7 Å². The number of methoxy groups -OCH3 is 1. The lowest BCUT2D eigenvalue weighted by Gasteiger charge is -2.14. The summed E-state index contributed by atoms with van der Waals surface area (Å²) in [5.74, 6) is -0.0880. The average molecular weight is 351 g/mol. The second kappa shape index (κ2) is 8.10. The van der Waals surface area contributed by atoms with Crippen LogP contribution >= 0.6 is 11.3 Å². The molecule has 1 N–H and O–H groups in total. The Balaban J connectivity index is 1.63. The van der Waals surface area contributed by atoms with Crippen molar-refractivity contribution in [2.24, 2.45) is 0 Å². The number of aryl methyl sites for hydroxylation is 1. The quantitative estimate of drug-likeness (QED) is 0.690. The van der Waals surface area contributed by atoms with E-state index < -0.39 is 0 Å². The van der Waals surface area contributed by atoms with Crippen LogP contribution in [-0.2, 0) is 4.74 Å². The van der Waals surface area contributed by atoms with Crippen LogP contribution in [0.5, 0.6) is 0 Å². The molecule has 1 aromatic heterocycles. The lowest BCUT2D eigenvalue weighted by Crippen LogP contribution is -2.28. The summed E-state index contributed by atoms with van der Waals surface area (Å²) in [6.45, 7) is 2.52. The van der Waals surface area contributed by atoms with E-state index in [1.54, 1.807) is 18.4 Å². The number of ether oxygens (including phenoxy) is 1. The molecule has 0 saturated carbocycles. The maximum absolute atomic E-state index is 12.4. The predicted octanol–water partition coefficient (Wildman–Crippen LogP) is 4.84. The van der Waals surface area contributed by atoms with Gasteiger partial charge in [-0.15, -0.1) is 11.3 Å². The largest absolute Gasteiger partial charge is 0.374 e. The van der Waals surface area contributed by atoms with Gasteiger partial charge in [-0.05, 0) is 42.3 Å². The van der Waals surface area contributed by atoms with E-state index in [9.17, 15) is 4.79 Å². The topological polar surface area (TPSA) is 38.3 Å². The molecular formula is C21H21NO2S. The molecule has 0 aliphatic carbocycles. The molecule has 0 aliphatic heterocycles. The minimum absolute atomic E-state index is 0.0880. The second-order valence-corrected chi connectivity index (χ2v) is 7.15. The van der Waals surface area contributed by atoms with Gasteiger partial charge in [0, 0.05) is 29.0 Å². The van der Waals surface area contributed by atoms with Gasteiger partial charge in [-0.3, -0.25) is 4.79 Å². The molecule has 0 fully saturated rings. The summed E-state index contributed by atoms with van der Waals surface area (Å²) >= 11 is 1.69. The van der Waals surface area contributed by atoms with Crippen molar-refractivity contribution in [3.8, 4) is 11.1 Å². The fourth-order valence-electron chi connectivity index (χ4n) is 2.66. The lowest BCUT2D eigenvalue weighted by molar-refractivity contribution is 0.0837. The van der Waals surface area contributed by atoms with Crippen molar-refractivity contribution >= 4 is 17.2 Å². The van der Waals surface area contributed by atoms with Crippen LogP contribution in [0.2, 0.25) is 0 Å². The summed E-state index contributed by atoms with van der Waals surface area (Å²) in [6, 6.07) is 21.9. The Hall–Kier alpha value is -2.43. The second-order valence-electron chi connectivity index (χ2n) is 5.83. The Morgan fingerprint density at radius 1 is 1.00 bits per heavy atom. The third-order valence-corrected chi connectivity index (χ3v) is 5.16. The van der Waals surface area contributed by atoms with Crippen molar-refractivity contribution < 1.29 is 9.53 Å². The summed E-state index contributed by atoms with van der Waals surface area (Å²) in [7, 11) is 1.67. The van der Waals surface area contributed by atoms with Crippen LogP contribution in [0.25, 0.3) is 11.1 Å². The van der Waals surface area contributed by atoms with Crippen LogP contribution in [0, 0.1) is 6.92 Å². The van der Waals surface area contributed by atoms with Crippen LogP contribution in [-0.4, -0.2) is 19.6 Å². The van der Waals surface area contributed by atoms with Crippen molar-refractivity contribution in [3.05, 3.63) is 82.0 Å². The van der Waals surface area contributed by atoms with E-state index in [0.29, 0.717) is 12.1 Å². The van der Waals surface area contributed by atoms with E-state index >= 15 is 0 Å². The number of carbonyl (C=O) groups is 1. The Labute approximate surface area is 152 Å². The molecular weight excluding hydrogens is 330 g/mol. The molecule has 0 bridgehead atoms. The van der Waals surface area contributed by atoms with E-state index in [4.69, 9.17) is 4.74 Å². The highest BCUT2D eigenvalue weighted by Gasteiger charge is 2.14. The van der Waals surface area contributed by atoms with Crippen molar-refractivity contribution in [1.82, 2.24) is 5.32 Å². The Bertz CT molecular complexity index is 825. The molecule has 0 spiro atoms. The van der Waals surface area contributed by atoms with Gasteiger partial charge in [-0.25, -0.2) is 0 Å². The number of nitrogens with one attached hydrogen (secondary N) is 1. The Morgan fingerprint density at radius 2 is 1.68 bits per heavy atom. The molecule has 128 valence electrons. The van der Waals surface area contributed by atoms with Gasteiger partial charge in [-0.2, -0.15) is 0 Å². The van der Waals surface area contributed by atoms with Crippen molar-refractivity contribution in [3.63, 3.8) is 0 Å². The molecule has 0 aliphatic rings. The number of hydrogen-bond acceptors (Lipinski definition) is 3. The first-order chi connectivity index (χ1) is 12.2. The third-order valence-electron chi connectivity index (χ3n) is 4.07. The number of carbonyl (C=O) groups excluding carboxylic acids is 1. The first kappa shape index (κ1) is 17.4. The van der Waals surface area contributed by atoms with Gasteiger partial charge < -0.3 is 10.1 Å². The van der Waals surface area contributed by atoms with E-state index in [0.717, 1.165) is 16.0 Å². The monoisotopic (exact) mass is 351 g/mol. The van der Waals surface area contributed by atoms with Crippen LogP contribution in [0.4, 0.5) is 0 Å². The molecule has 1 atom stereocenters. The van der Waals surface area contributed by atoms with Crippen LogP contribution in [0.1, 0.15) is 26.2 Å². The molecule has 1 unspecified atom stereocenters. The van der Waals surface area contributed by atoms with Gasteiger partial charge in [0.25, 0.3) is 5.91 Å². The fraction of sp³-hybridized carbons (Fsp3) is 0.190. The van der Waals surface area contributed by atoms with Gasteiger partial charge in [-0.1, -0.05) is 42.5 Å². The lowest BCUT2D eigenvalue weighted by atomic mass is 10.0. The van der Waals surface area contributed by atoms with Crippen LogP contribution < -0.4 is 5.32 Å². The minimum Gasteiger partial charge on any atom is -0.374 e. The van der Waals surface area contributed by atoms with E-state index in [1.165, 1.54) is 4.88 Å². The number of benzene rings is 2. The average Bonchev–Trinajstić information content (AvgIpc) is 3.09. The highest BCUT2D eigenvalue weighted by Crippen LogP contribution is 2.24. The van der Waals surface area contributed by atoms with E-state index in [2.05, 4.69) is 36.5 Å². The van der Waals surface area contributed by atoms with Crippen molar-refractivity contribution in [2.75, 3.05) is 13.7 Å². The predicted molar refractivity (Wildman–Crippen MR) is 103 cm³/mol. The minimum atomic E-state index is -0.119. The molecule has 0 radical (unpaired) electrons. The molecule has 0 saturated heterocycles. The third kappa shape index (κ3) is 4.35. The zero-order valence-corrected chi connectivity index (χ0v) is 15.2. The van der Waals surface area contributed by atoms with Gasteiger partial charge in [0.1, 0.15) is 6.10 Å². The van der Waals surface area contributed by atoms with E-state index in [-0.39, 0.29) is 12.0 Å². The molecule has 3 nitrogen and oxygen atoms in total. The highest BCUT2D eigenvalue weighted by molar-refractivity contribution is 7.12. The summed E-state index contributed by atoms with van der Waals surface area (Å²) in [6.07, 6.45) is -0.119. The molecule has 1 amide bonds. The molecule has 2 aromatic carbocycles. The highest BCUT2D eigenvalue weighted by atomic mass is 32.1. The Morgan fingerprint density at radius 3 is 2.28 bits per heavy atom. The number of rotatable bonds is 6. The van der Waals surface area contributed by atoms with Crippen molar-refractivity contribution in [1.29, 1.82) is 0 Å². The standard InChI is InChI=1S/C21H21NO2S/c1-15-8-13-20(25-15)19(24-2)14-22-21(23)18-11-9-17(10-12-18)16-6-4-3-5-7-16/h3-13,19H,14H2,1-2H3,(H,22,23). The Kier molecular flexibility index (Phi) is 5.64. The first-order valence-electron chi connectivity index (χ1n) is 8.20. The molecule has 3 rings (SSSR count). The summed E-state index contributed by atoms with van der Waals surface area (Å²) in [5.41, 5.74) is 2.89. The van der Waals surface area contributed by atoms with Gasteiger partial charge in [0.2, 0.25) is 0 Å². The number of amides is 1. The summed E-state index contributed by atoms with van der Waals surface area (Å²) in [5, 5.41) is 2.96. The smallest absolute Gasteiger partial charge is 0.251 e. The molecule has 4 heteroatoms. The first-order valence-corrected chi connectivity index (χ1v) is 9.02. The molecule has 1 heterocycles. The number of thiophene rings is 1. The fourth-order valence-corrected chi connectivity index (χ4v) is 3.61. The van der Waals surface area contributed by atoms with Gasteiger partial charge >= 0.3 is 0 Å². The summed E-state index contributed by atoms with van der Waals surface area (Å²) in [4.78, 5) is 14.7. The molecule has 3 aromatic rings. The van der Waals surface area contributed by atoms with E-state index in [1.807, 2.05) is 42.5 Å². The zero-order valence-electron chi connectivity index (χ0n) is 14.4. The maximum atomic E-state index is 12.4. The van der Waals surface area contributed by atoms with Gasteiger partial charge in [0.15, 0.2) is 0 Å². The van der Waals surface area contributed by atoms with Gasteiger partial charge in [0.05, 0.1) is 0 Å². The SMILES string of the molecule is COC(CNC(=O)c1ccc(-c2ccccc2)cc1)c1ccc(C)s1. The summed E-state index contributed by atoms with van der Waals surface area (Å²) < 4.78 is 5.51. The number of hydrogen-bond donors (Lipinski definition) is 1. The molecule has 25 heavy (non-hydrogen) atoms. The van der Waals surface area contributed by atoms with Crippen LogP contribution in [0.3, 0.4) is 0 Å². The zero-order chi connectivity index (χ0) is 17.6.